The van der Waals surface area contributed by atoms with Crippen molar-refractivity contribution in [1.82, 2.24) is 9.55 Å². The number of aromatic amines is 1. The smallest absolute Gasteiger partial charge is 0.178 e. The largest absolute Gasteiger partial charge is 0.329 e. The van der Waals surface area contributed by atoms with E-state index in [4.69, 9.17) is 23.8 Å². The van der Waals surface area contributed by atoms with Crippen molar-refractivity contribution in [1.29, 1.82) is 0 Å². The van der Waals surface area contributed by atoms with E-state index in [9.17, 15) is 0 Å². The number of thiophene rings is 1. The predicted molar refractivity (Wildman–Crippen MR) is 80.3 cm³/mol. The summed E-state index contributed by atoms with van der Waals surface area (Å²) in [4.78, 5) is 5.78. The van der Waals surface area contributed by atoms with E-state index >= 15 is 0 Å². The minimum absolute atomic E-state index is 0.708. The number of halogens is 1. The number of benzene rings is 1. The Labute approximate surface area is 119 Å². The van der Waals surface area contributed by atoms with Crippen molar-refractivity contribution in [2.75, 3.05) is 0 Å². The average Bonchev–Trinajstić information content (AvgIpc) is 2.87. The number of H-pyrrole nitrogens is 1. The van der Waals surface area contributed by atoms with Crippen LogP contribution in [0.4, 0.5) is 0 Å². The molecule has 0 bridgehead atoms. The Balaban J connectivity index is 2.14. The molecule has 0 saturated carbocycles. The highest BCUT2D eigenvalue weighted by Gasteiger charge is 2.08. The Kier molecular flexibility index (Phi) is 3.01. The van der Waals surface area contributed by atoms with Crippen molar-refractivity contribution in [2.45, 2.75) is 13.5 Å². The third-order valence-electron chi connectivity index (χ3n) is 2.87. The van der Waals surface area contributed by atoms with E-state index in [1.165, 1.54) is 9.75 Å². The molecule has 0 aliphatic carbocycles. The van der Waals surface area contributed by atoms with Gasteiger partial charge in [0, 0.05) is 9.75 Å². The molecule has 1 aromatic carbocycles. The van der Waals surface area contributed by atoms with Crippen molar-refractivity contribution < 1.29 is 0 Å². The number of aromatic nitrogens is 2. The van der Waals surface area contributed by atoms with Crippen LogP contribution < -0.4 is 0 Å². The molecule has 0 saturated heterocycles. The Hall–Kier alpha value is -1.10. The summed E-state index contributed by atoms with van der Waals surface area (Å²) in [5, 5.41) is 0.708. The molecule has 0 amide bonds. The van der Waals surface area contributed by atoms with Crippen LogP contribution in [0.2, 0.25) is 5.02 Å². The van der Waals surface area contributed by atoms with Gasteiger partial charge in [-0.25, -0.2) is 0 Å². The van der Waals surface area contributed by atoms with Gasteiger partial charge in [-0.05, 0) is 43.4 Å². The highest BCUT2D eigenvalue weighted by atomic mass is 35.5. The summed E-state index contributed by atoms with van der Waals surface area (Å²) < 4.78 is 2.80. The molecule has 2 aromatic heterocycles. The van der Waals surface area contributed by atoms with Crippen LogP contribution in [0.25, 0.3) is 11.0 Å². The monoisotopic (exact) mass is 294 g/mol. The Morgan fingerprint density at radius 1 is 1.33 bits per heavy atom. The van der Waals surface area contributed by atoms with Gasteiger partial charge >= 0.3 is 0 Å². The third kappa shape index (κ3) is 2.00. The molecule has 0 fully saturated rings. The van der Waals surface area contributed by atoms with Crippen molar-refractivity contribution in [3.05, 3.63) is 49.9 Å². The second-order valence-electron chi connectivity index (χ2n) is 4.16. The van der Waals surface area contributed by atoms with E-state index < -0.39 is 0 Å². The number of nitrogens with zero attached hydrogens (tertiary/aromatic N) is 1. The molecule has 0 aliphatic heterocycles. The van der Waals surface area contributed by atoms with Crippen LogP contribution in [0.5, 0.6) is 0 Å². The first-order chi connectivity index (χ1) is 8.65. The molecule has 5 heteroatoms. The van der Waals surface area contributed by atoms with Crippen molar-refractivity contribution in [3.63, 3.8) is 0 Å². The number of hydrogen-bond acceptors (Lipinski definition) is 2. The SMILES string of the molecule is Cc1ccc(Cn2c(=S)[nH]c3c(Cl)cccc32)s1. The number of imidazole rings is 1. The summed E-state index contributed by atoms with van der Waals surface area (Å²) in [6.07, 6.45) is 0. The summed E-state index contributed by atoms with van der Waals surface area (Å²) in [6, 6.07) is 10.1. The zero-order chi connectivity index (χ0) is 12.7. The van der Waals surface area contributed by atoms with Crippen LogP contribution in [0.15, 0.2) is 30.3 Å². The van der Waals surface area contributed by atoms with Crippen LogP contribution in [0.3, 0.4) is 0 Å². The molecule has 1 N–H and O–H groups in total. The van der Waals surface area contributed by atoms with E-state index in [1.54, 1.807) is 11.3 Å². The zero-order valence-corrected chi connectivity index (χ0v) is 12.1. The maximum absolute atomic E-state index is 6.16. The molecule has 2 heterocycles. The normalized spacial score (nSPS) is 11.2. The first-order valence-electron chi connectivity index (χ1n) is 5.57. The quantitative estimate of drug-likeness (QED) is 0.675. The fourth-order valence-corrected chi connectivity index (χ4v) is 3.39. The molecule has 0 unspecified atom stereocenters. The van der Waals surface area contributed by atoms with Crippen LogP contribution in [-0.2, 0) is 6.54 Å². The van der Waals surface area contributed by atoms with Gasteiger partial charge in [-0.2, -0.15) is 0 Å². The van der Waals surface area contributed by atoms with Crippen LogP contribution in [-0.4, -0.2) is 9.55 Å². The zero-order valence-electron chi connectivity index (χ0n) is 9.74. The molecule has 18 heavy (non-hydrogen) atoms. The number of hydrogen-bond donors (Lipinski definition) is 1. The molecule has 0 radical (unpaired) electrons. The number of aryl methyl sites for hydroxylation is 1. The topological polar surface area (TPSA) is 20.7 Å². The number of para-hydroxylation sites is 1. The lowest BCUT2D eigenvalue weighted by Crippen LogP contribution is -1.97. The van der Waals surface area contributed by atoms with Gasteiger partial charge in [-0.15, -0.1) is 11.3 Å². The fourth-order valence-electron chi connectivity index (χ4n) is 2.03. The molecule has 0 aliphatic rings. The number of rotatable bonds is 2. The summed E-state index contributed by atoms with van der Waals surface area (Å²) in [5.74, 6) is 0. The summed E-state index contributed by atoms with van der Waals surface area (Å²) >= 11 is 13.3. The maximum atomic E-state index is 6.16. The minimum atomic E-state index is 0.708. The van der Waals surface area contributed by atoms with E-state index in [1.807, 2.05) is 18.2 Å². The standard InChI is InChI=1S/C13H11ClN2S2/c1-8-5-6-9(18-8)7-16-11-4-2-3-10(14)12(11)15-13(16)17/h2-6H,7H2,1H3,(H,15,17). The molecule has 92 valence electrons. The molecular weight excluding hydrogens is 284 g/mol. The summed E-state index contributed by atoms with van der Waals surface area (Å²) in [6.45, 7) is 2.90. The molecule has 3 rings (SSSR count). The van der Waals surface area contributed by atoms with Gasteiger partial charge in [0.1, 0.15) is 0 Å². The van der Waals surface area contributed by atoms with Gasteiger partial charge < -0.3 is 9.55 Å². The first kappa shape index (κ1) is 12.0. The Morgan fingerprint density at radius 3 is 2.89 bits per heavy atom. The van der Waals surface area contributed by atoms with Gasteiger partial charge in [0.15, 0.2) is 4.77 Å². The summed E-state index contributed by atoms with van der Waals surface area (Å²) in [7, 11) is 0. The van der Waals surface area contributed by atoms with E-state index in [2.05, 4.69) is 28.6 Å². The van der Waals surface area contributed by atoms with Crippen molar-refractivity contribution in [2.24, 2.45) is 0 Å². The van der Waals surface area contributed by atoms with Crippen LogP contribution >= 0.6 is 35.2 Å². The lowest BCUT2D eigenvalue weighted by atomic mass is 10.3. The second kappa shape index (κ2) is 4.53. The number of fused-ring (bicyclic) bond motifs is 1. The van der Waals surface area contributed by atoms with Crippen molar-refractivity contribution in [3.8, 4) is 0 Å². The average molecular weight is 295 g/mol. The van der Waals surface area contributed by atoms with Gasteiger partial charge in [0.2, 0.25) is 0 Å². The Morgan fingerprint density at radius 2 is 2.17 bits per heavy atom. The first-order valence-corrected chi connectivity index (χ1v) is 7.18. The Bertz CT molecular complexity index is 767. The van der Waals surface area contributed by atoms with Crippen molar-refractivity contribution >= 4 is 46.2 Å². The van der Waals surface area contributed by atoms with Gasteiger partial charge in [-0.3, -0.25) is 0 Å². The number of nitrogens with one attached hydrogen (secondary N) is 1. The molecule has 0 atom stereocenters. The maximum Gasteiger partial charge on any atom is 0.178 e. The minimum Gasteiger partial charge on any atom is -0.329 e. The molecule has 0 spiro atoms. The van der Waals surface area contributed by atoms with Crippen LogP contribution in [0, 0.1) is 11.7 Å². The van der Waals surface area contributed by atoms with E-state index in [0.29, 0.717) is 9.79 Å². The van der Waals surface area contributed by atoms with Gasteiger partial charge in [0.05, 0.1) is 22.6 Å². The van der Waals surface area contributed by atoms with Crippen LogP contribution in [0.1, 0.15) is 9.75 Å². The van der Waals surface area contributed by atoms with Gasteiger partial charge in [-0.1, -0.05) is 17.7 Å². The summed E-state index contributed by atoms with van der Waals surface area (Å²) in [5.41, 5.74) is 1.97. The second-order valence-corrected chi connectivity index (χ2v) is 6.33. The van der Waals surface area contributed by atoms with E-state index in [-0.39, 0.29) is 0 Å². The molecular formula is C13H11ClN2S2. The fraction of sp³-hybridized carbons (Fsp3) is 0.154. The lowest BCUT2D eigenvalue weighted by Gasteiger charge is -2.02. The van der Waals surface area contributed by atoms with E-state index in [0.717, 1.165) is 17.6 Å². The molecule has 3 aromatic rings. The lowest BCUT2D eigenvalue weighted by molar-refractivity contribution is 0.823. The third-order valence-corrected chi connectivity index (χ3v) is 4.49. The highest BCUT2D eigenvalue weighted by molar-refractivity contribution is 7.71. The highest BCUT2D eigenvalue weighted by Crippen LogP contribution is 2.24. The predicted octanol–water partition coefficient (Wildman–Crippen LogP) is 4.77. The molecule has 2 nitrogen and oxygen atoms in total. The van der Waals surface area contributed by atoms with Gasteiger partial charge in [0.25, 0.3) is 0 Å².